The van der Waals surface area contributed by atoms with Crippen LogP contribution in [0, 0.1) is 5.92 Å². The third-order valence-corrected chi connectivity index (χ3v) is 8.09. The number of thioether (sulfide) groups is 1. The Labute approximate surface area is 207 Å². The second kappa shape index (κ2) is 11.8. The molecule has 0 spiro atoms. The molecule has 180 valence electrons. The highest BCUT2D eigenvalue weighted by Gasteiger charge is 2.39. The summed E-state index contributed by atoms with van der Waals surface area (Å²) >= 11 is 1.66. The molecule has 1 aliphatic heterocycles. The van der Waals surface area contributed by atoms with Crippen LogP contribution in [0.1, 0.15) is 63.5 Å². The van der Waals surface area contributed by atoms with Gasteiger partial charge >= 0.3 is 0 Å². The molecule has 1 aromatic rings. The van der Waals surface area contributed by atoms with E-state index in [1.807, 2.05) is 30.1 Å². The molecule has 2 fully saturated rings. The number of carbonyl (C=O) groups excluding carboxylic acids is 2. The highest BCUT2D eigenvalue weighted by atomic mass is 32.2. The van der Waals surface area contributed by atoms with E-state index in [-0.39, 0.29) is 29.8 Å². The van der Waals surface area contributed by atoms with Crippen LogP contribution >= 0.6 is 11.8 Å². The number of allylic oxidation sites excluding steroid dienone is 3. The largest absolute Gasteiger partial charge is 0.343 e. The van der Waals surface area contributed by atoms with Gasteiger partial charge in [0.2, 0.25) is 11.8 Å². The van der Waals surface area contributed by atoms with Crippen molar-refractivity contribution in [1.82, 2.24) is 15.5 Å². The van der Waals surface area contributed by atoms with Crippen molar-refractivity contribution in [2.75, 3.05) is 13.6 Å². The summed E-state index contributed by atoms with van der Waals surface area (Å²) in [6.45, 7) is 2.57. The first-order chi connectivity index (χ1) is 16.6. The standard InChI is InChI=1S/C28H35N3O2S/c1-20(29-2)27(32)30-26(21-11-5-3-6-12-21)28(33)31-18-10-17-25(31)22-13-9-16-24(19-22)34-23-14-7-4-8-15-23/h4,7,9,13-14,16,19-21,25-26,29H,3,5-6,10-12,17-18H2,1-2H3,(H,30,32)/t20?,25?,26-/m0/s1. The van der Waals surface area contributed by atoms with Crippen LogP contribution in [0.25, 0.3) is 0 Å². The molecule has 1 saturated carbocycles. The summed E-state index contributed by atoms with van der Waals surface area (Å²) in [4.78, 5) is 30.9. The molecule has 2 aliphatic carbocycles. The lowest BCUT2D eigenvalue weighted by atomic mass is 9.83. The van der Waals surface area contributed by atoms with Crippen molar-refractivity contribution in [2.24, 2.45) is 5.92 Å². The lowest BCUT2D eigenvalue weighted by molar-refractivity contribution is -0.139. The van der Waals surface area contributed by atoms with Gasteiger partial charge in [-0.3, -0.25) is 9.59 Å². The average molecular weight is 478 g/mol. The van der Waals surface area contributed by atoms with E-state index in [4.69, 9.17) is 0 Å². The SMILES string of the molecule is CNC(C)C(=O)N[C@H](C(=O)N1CCCC1c1cccc(SC2=C=C=CC=C2)c1)C1CCCCC1. The monoisotopic (exact) mass is 477 g/mol. The van der Waals surface area contributed by atoms with Crippen molar-refractivity contribution in [2.45, 2.75) is 74.9 Å². The molecule has 1 saturated heterocycles. The lowest BCUT2D eigenvalue weighted by Gasteiger charge is -2.35. The number of amides is 2. The van der Waals surface area contributed by atoms with E-state index in [0.29, 0.717) is 0 Å². The van der Waals surface area contributed by atoms with Crippen LogP contribution in [0.15, 0.2) is 63.8 Å². The molecular weight excluding hydrogens is 442 g/mol. The van der Waals surface area contributed by atoms with Crippen molar-refractivity contribution in [3.63, 3.8) is 0 Å². The summed E-state index contributed by atoms with van der Waals surface area (Å²) in [5.74, 6) is 0.189. The number of benzene rings is 1. The molecule has 0 aromatic heterocycles. The summed E-state index contributed by atoms with van der Waals surface area (Å²) < 4.78 is 0. The van der Waals surface area contributed by atoms with Gasteiger partial charge in [-0.1, -0.05) is 60.7 Å². The predicted octanol–water partition coefficient (Wildman–Crippen LogP) is 4.88. The Balaban J connectivity index is 1.54. The Morgan fingerprint density at radius 3 is 2.71 bits per heavy atom. The molecule has 1 aromatic carbocycles. The van der Waals surface area contributed by atoms with Crippen LogP contribution in [0.5, 0.6) is 0 Å². The number of nitrogens with one attached hydrogen (secondary N) is 2. The van der Waals surface area contributed by atoms with Gasteiger partial charge in [0, 0.05) is 11.4 Å². The maximum atomic E-state index is 13.9. The van der Waals surface area contributed by atoms with Gasteiger partial charge in [0.05, 0.1) is 17.0 Å². The third kappa shape index (κ3) is 5.95. The summed E-state index contributed by atoms with van der Waals surface area (Å²) in [6, 6.07) is 7.76. The molecule has 3 aliphatic rings. The van der Waals surface area contributed by atoms with Crippen LogP contribution < -0.4 is 10.6 Å². The van der Waals surface area contributed by atoms with Crippen molar-refractivity contribution in [3.8, 4) is 0 Å². The number of hydrogen-bond donors (Lipinski definition) is 2. The fourth-order valence-electron chi connectivity index (χ4n) is 5.12. The molecule has 2 amide bonds. The molecule has 0 bridgehead atoms. The summed E-state index contributed by atoms with van der Waals surface area (Å²) in [5, 5.41) is 6.12. The van der Waals surface area contributed by atoms with Gasteiger partial charge in [-0.05, 0) is 75.4 Å². The van der Waals surface area contributed by atoms with Crippen molar-refractivity contribution < 1.29 is 9.59 Å². The smallest absolute Gasteiger partial charge is 0.245 e. The minimum atomic E-state index is -0.448. The Hall–Kier alpha value is -2.49. The van der Waals surface area contributed by atoms with E-state index in [1.165, 1.54) is 6.42 Å². The number of carbonyl (C=O) groups is 2. The quantitative estimate of drug-likeness (QED) is 0.524. The third-order valence-electron chi connectivity index (χ3n) is 7.14. The first kappa shape index (κ1) is 24.6. The number of likely N-dealkylation sites (tertiary alicyclic amines) is 1. The molecule has 34 heavy (non-hydrogen) atoms. The predicted molar refractivity (Wildman–Crippen MR) is 137 cm³/mol. The van der Waals surface area contributed by atoms with E-state index in [9.17, 15) is 9.59 Å². The highest BCUT2D eigenvalue weighted by Crippen LogP contribution is 2.37. The van der Waals surface area contributed by atoms with Crippen LogP contribution in [-0.2, 0) is 9.59 Å². The average Bonchev–Trinajstić information content (AvgIpc) is 3.38. The zero-order valence-corrected chi connectivity index (χ0v) is 21.0. The molecule has 6 heteroatoms. The fourth-order valence-corrected chi connectivity index (χ4v) is 5.98. The first-order valence-electron chi connectivity index (χ1n) is 12.5. The fraction of sp³-hybridized carbons (Fsp3) is 0.500. The van der Waals surface area contributed by atoms with Gasteiger partial charge in [-0.2, -0.15) is 0 Å². The first-order valence-corrected chi connectivity index (χ1v) is 13.3. The highest BCUT2D eigenvalue weighted by molar-refractivity contribution is 8.03. The molecular formula is C28H35N3O2S. The number of nitrogens with zero attached hydrogens (tertiary/aromatic N) is 1. The van der Waals surface area contributed by atoms with Gasteiger partial charge in [0.25, 0.3) is 0 Å². The van der Waals surface area contributed by atoms with Crippen LogP contribution in [-0.4, -0.2) is 42.4 Å². The second-order valence-corrected chi connectivity index (χ2v) is 10.5. The maximum absolute atomic E-state index is 13.9. The Bertz CT molecular complexity index is 1030. The topological polar surface area (TPSA) is 61.4 Å². The van der Waals surface area contributed by atoms with Crippen molar-refractivity contribution in [1.29, 1.82) is 0 Å². The maximum Gasteiger partial charge on any atom is 0.245 e. The molecule has 2 N–H and O–H groups in total. The zero-order chi connectivity index (χ0) is 23.9. The van der Waals surface area contributed by atoms with E-state index in [1.54, 1.807) is 18.8 Å². The van der Waals surface area contributed by atoms with Gasteiger partial charge < -0.3 is 15.5 Å². The molecule has 0 radical (unpaired) electrons. The van der Waals surface area contributed by atoms with E-state index in [0.717, 1.165) is 60.4 Å². The Morgan fingerprint density at radius 1 is 1.15 bits per heavy atom. The molecule has 5 nitrogen and oxygen atoms in total. The minimum absolute atomic E-state index is 0.0454. The van der Waals surface area contributed by atoms with Crippen LogP contribution in [0.2, 0.25) is 0 Å². The molecule has 1 heterocycles. The van der Waals surface area contributed by atoms with Gasteiger partial charge in [0.15, 0.2) is 0 Å². The van der Waals surface area contributed by atoms with Gasteiger partial charge in [0.1, 0.15) is 6.04 Å². The molecule has 2 unspecified atom stereocenters. The lowest BCUT2D eigenvalue weighted by Crippen LogP contribution is -2.55. The number of hydrogen-bond acceptors (Lipinski definition) is 4. The molecule has 4 rings (SSSR count). The Morgan fingerprint density at radius 2 is 1.97 bits per heavy atom. The van der Waals surface area contributed by atoms with Crippen molar-refractivity contribution >= 4 is 23.6 Å². The van der Waals surface area contributed by atoms with Gasteiger partial charge in [-0.25, -0.2) is 0 Å². The van der Waals surface area contributed by atoms with Gasteiger partial charge in [-0.15, -0.1) is 0 Å². The van der Waals surface area contributed by atoms with Crippen LogP contribution in [0.4, 0.5) is 0 Å². The van der Waals surface area contributed by atoms with Crippen LogP contribution in [0.3, 0.4) is 0 Å². The van der Waals surface area contributed by atoms with Crippen molar-refractivity contribution in [3.05, 3.63) is 64.4 Å². The summed E-state index contributed by atoms with van der Waals surface area (Å²) in [6.07, 6.45) is 13.2. The van der Waals surface area contributed by atoms with E-state index >= 15 is 0 Å². The second-order valence-electron chi connectivity index (χ2n) is 9.42. The zero-order valence-electron chi connectivity index (χ0n) is 20.2. The number of likely N-dealkylation sites (N-methyl/N-ethyl adjacent to an activating group) is 1. The van der Waals surface area contributed by atoms with E-state index in [2.05, 4.69) is 46.4 Å². The summed E-state index contributed by atoms with van der Waals surface area (Å²) in [5.41, 5.74) is 7.31. The molecule has 3 atom stereocenters. The minimum Gasteiger partial charge on any atom is -0.343 e. The summed E-state index contributed by atoms with van der Waals surface area (Å²) in [7, 11) is 1.77. The van der Waals surface area contributed by atoms with E-state index < -0.39 is 6.04 Å². The number of rotatable bonds is 8. The normalized spacial score (nSPS) is 21.9. The Kier molecular flexibility index (Phi) is 8.53.